The molecule has 1 heterocycles. The maximum atomic E-state index is 12.1. The van der Waals surface area contributed by atoms with Gasteiger partial charge in [-0.2, -0.15) is 5.10 Å². The zero-order chi connectivity index (χ0) is 12.1. The van der Waals surface area contributed by atoms with Gasteiger partial charge in [0.25, 0.3) is 5.91 Å². The number of hydrogen-bond acceptors (Lipinski definition) is 2. The molecule has 16 heavy (non-hydrogen) atoms. The molecule has 0 fully saturated rings. The molecule has 88 valence electrons. The van der Waals surface area contributed by atoms with E-state index >= 15 is 0 Å². The molecular formula is C12H19N3O. The van der Waals surface area contributed by atoms with Gasteiger partial charge in [0.05, 0.1) is 11.3 Å². The minimum absolute atomic E-state index is 0.0350. The lowest BCUT2D eigenvalue weighted by Gasteiger charge is -2.16. The van der Waals surface area contributed by atoms with Gasteiger partial charge in [0.2, 0.25) is 0 Å². The maximum absolute atomic E-state index is 12.1. The Morgan fingerprint density at radius 2 is 2.25 bits per heavy atom. The molecule has 0 aromatic carbocycles. The molecule has 0 aliphatic carbocycles. The number of hydrogen-bond donors (Lipinski definition) is 1. The highest BCUT2D eigenvalue weighted by Gasteiger charge is 2.18. The Hall–Kier alpha value is -1.58. The van der Waals surface area contributed by atoms with Gasteiger partial charge >= 0.3 is 0 Å². The molecule has 0 bridgehead atoms. The summed E-state index contributed by atoms with van der Waals surface area (Å²) >= 11 is 0. The van der Waals surface area contributed by atoms with Crippen LogP contribution in [0.2, 0.25) is 0 Å². The molecule has 0 saturated carbocycles. The monoisotopic (exact) mass is 221 g/mol. The first-order valence-corrected chi connectivity index (χ1v) is 5.45. The lowest BCUT2D eigenvalue weighted by atomic mass is 10.1. The fraction of sp³-hybridized carbons (Fsp3) is 0.500. The maximum Gasteiger partial charge on any atom is 0.257 e. The number of carbonyl (C=O) groups is 1. The largest absolute Gasteiger partial charge is 0.342 e. The van der Waals surface area contributed by atoms with E-state index in [9.17, 15) is 4.79 Å². The molecule has 1 aromatic heterocycles. The average molecular weight is 221 g/mol. The number of H-pyrrole nitrogens is 1. The molecule has 0 saturated heterocycles. The van der Waals surface area contributed by atoms with Gasteiger partial charge in [0.1, 0.15) is 0 Å². The van der Waals surface area contributed by atoms with Gasteiger partial charge in [-0.15, -0.1) is 6.58 Å². The van der Waals surface area contributed by atoms with E-state index in [1.165, 1.54) is 0 Å². The highest BCUT2D eigenvalue weighted by atomic mass is 16.2. The molecule has 0 radical (unpaired) electrons. The van der Waals surface area contributed by atoms with Crippen LogP contribution in [0.1, 0.15) is 34.6 Å². The van der Waals surface area contributed by atoms with Crippen molar-refractivity contribution in [3.05, 3.63) is 29.6 Å². The summed E-state index contributed by atoms with van der Waals surface area (Å²) in [6, 6.07) is 0. The van der Waals surface area contributed by atoms with Crippen LogP contribution in [0.15, 0.2) is 12.7 Å². The minimum atomic E-state index is 0.0350. The first kappa shape index (κ1) is 12.5. The van der Waals surface area contributed by atoms with Crippen LogP contribution in [0, 0.1) is 13.8 Å². The quantitative estimate of drug-likeness (QED) is 0.611. The molecule has 1 aromatic rings. The Labute approximate surface area is 96.3 Å². The Morgan fingerprint density at radius 3 is 2.75 bits per heavy atom. The number of aromatic nitrogens is 2. The molecule has 0 unspecified atom stereocenters. The topological polar surface area (TPSA) is 49.0 Å². The van der Waals surface area contributed by atoms with E-state index in [1.54, 1.807) is 4.90 Å². The summed E-state index contributed by atoms with van der Waals surface area (Å²) in [5.41, 5.74) is 2.29. The number of nitrogens with one attached hydrogen (secondary N) is 1. The van der Waals surface area contributed by atoms with Crippen molar-refractivity contribution >= 4 is 5.91 Å². The van der Waals surface area contributed by atoms with Crippen molar-refractivity contribution < 1.29 is 4.79 Å². The third-order valence-corrected chi connectivity index (χ3v) is 2.59. The van der Waals surface area contributed by atoms with Crippen LogP contribution in [0.5, 0.6) is 0 Å². The van der Waals surface area contributed by atoms with Crippen molar-refractivity contribution in [2.75, 3.05) is 13.6 Å². The van der Waals surface area contributed by atoms with E-state index in [-0.39, 0.29) is 5.91 Å². The van der Waals surface area contributed by atoms with Gasteiger partial charge in [0, 0.05) is 19.3 Å². The lowest BCUT2D eigenvalue weighted by molar-refractivity contribution is 0.0792. The van der Waals surface area contributed by atoms with Gasteiger partial charge in [-0.05, 0) is 26.7 Å². The summed E-state index contributed by atoms with van der Waals surface area (Å²) in [5, 5.41) is 6.85. The summed E-state index contributed by atoms with van der Waals surface area (Å²) in [4.78, 5) is 13.8. The van der Waals surface area contributed by atoms with Crippen molar-refractivity contribution in [3.63, 3.8) is 0 Å². The second-order valence-corrected chi connectivity index (χ2v) is 3.97. The second-order valence-electron chi connectivity index (χ2n) is 3.97. The van der Waals surface area contributed by atoms with Gasteiger partial charge in [0.15, 0.2) is 0 Å². The molecule has 0 atom stereocenters. The van der Waals surface area contributed by atoms with Crippen LogP contribution >= 0.6 is 0 Å². The summed E-state index contributed by atoms with van der Waals surface area (Å²) in [5.74, 6) is 0.0350. The fourth-order valence-electron chi connectivity index (χ4n) is 1.63. The number of amides is 1. The third-order valence-electron chi connectivity index (χ3n) is 2.59. The van der Waals surface area contributed by atoms with Crippen LogP contribution in [0.4, 0.5) is 0 Å². The summed E-state index contributed by atoms with van der Waals surface area (Å²) in [6.07, 6.45) is 3.75. The van der Waals surface area contributed by atoms with Crippen molar-refractivity contribution in [2.45, 2.75) is 26.7 Å². The number of nitrogens with zero attached hydrogens (tertiary/aromatic N) is 2. The van der Waals surface area contributed by atoms with E-state index in [0.29, 0.717) is 5.56 Å². The van der Waals surface area contributed by atoms with E-state index in [4.69, 9.17) is 0 Å². The smallest absolute Gasteiger partial charge is 0.257 e. The van der Waals surface area contributed by atoms with Gasteiger partial charge in [-0.25, -0.2) is 0 Å². The van der Waals surface area contributed by atoms with E-state index in [1.807, 2.05) is 27.0 Å². The number of allylic oxidation sites excluding steroid dienone is 1. The highest BCUT2D eigenvalue weighted by molar-refractivity contribution is 5.96. The first-order valence-electron chi connectivity index (χ1n) is 5.45. The minimum Gasteiger partial charge on any atom is -0.342 e. The number of aryl methyl sites for hydroxylation is 2. The Balaban J connectivity index is 2.67. The molecule has 1 amide bonds. The van der Waals surface area contributed by atoms with Crippen molar-refractivity contribution in [3.8, 4) is 0 Å². The van der Waals surface area contributed by atoms with E-state index < -0.39 is 0 Å². The third kappa shape index (κ3) is 2.72. The number of aromatic amines is 1. The number of unbranched alkanes of at least 4 members (excludes halogenated alkanes) is 1. The van der Waals surface area contributed by atoms with Gasteiger partial charge < -0.3 is 4.90 Å². The van der Waals surface area contributed by atoms with Crippen LogP contribution < -0.4 is 0 Å². The molecule has 1 N–H and O–H groups in total. The lowest BCUT2D eigenvalue weighted by Crippen LogP contribution is -2.28. The molecule has 4 nitrogen and oxygen atoms in total. The predicted octanol–water partition coefficient (Wildman–Crippen LogP) is 2.06. The normalized spacial score (nSPS) is 10.2. The van der Waals surface area contributed by atoms with Crippen LogP contribution in [0.3, 0.4) is 0 Å². The second kappa shape index (κ2) is 5.49. The molecular weight excluding hydrogens is 202 g/mol. The van der Waals surface area contributed by atoms with Gasteiger partial charge in [-0.3, -0.25) is 9.89 Å². The van der Waals surface area contributed by atoms with Crippen LogP contribution in [-0.2, 0) is 0 Å². The first-order chi connectivity index (χ1) is 7.57. The Morgan fingerprint density at radius 1 is 1.56 bits per heavy atom. The van der Waals surface area contributed by atoms with Crippen LogP contribution in [-0.4, -0.2) is 34.6 Å². The number of carbonyl (C=O) groups excluding carboxylic acids is 1. The fourth-order valence-corrected chi connectivity index (χ4v) is 1.63. The SMILES string of the molecule is C=CCCCN(C)C(=O)c1c(C)n[nH]c1C. The van der Waals surface area contributed by atoms with Gasteiger partial charge in [-0.1, -0.05) is 6.08 Å². The molecule has 4 heteroatoms. The Bertz CT molecular complexity index is 362. The predicted molar refractivity (Wildman–Crippen MR) is 64.5 cm³/mol. The zero-order valence-corrected chi connectivity index (χ0v) is 10.2. The highest BCUT2D eigenvalue weighted by Crippen LogP contribution is 2.12. The molecule has 1 rings (SSSR count). The van der Waals surface area contributed by atoms with Crippen molar-refractivity contribution in [1.29, 1.82) is 0 Å². The summed E-state index contributed by atoms with van der Waals surface area (Å²) in [6.45, 7) is 8.11. The van der Waals surface area contributed by atoms with E-state index in [2.05, 4.69) is 16.8 Å². The molecule has 0 spiro atoms. The van der Waals surface area contributed by atoms with Crippen molar-refractivity contribution in [1.82, 2.24) is 15.1 Å². The van der Waals surface area contributed by atoms with Crippen LogP contribution in [0.25, 0.3) is 0 Å². The standard InChI is InChI=1S/C12H19N3O/c1-5-6-7-8-15(4)12(16)11-9(2)13-14-10(11)3/h5H,1,6-8H2,2-4H3,(H,13,14). The summed E-state index contributed by atoms with van der Waals surface area (Å²) < 4.78 is 0. The van der Waals surface area contributed by atoms with E-state index in [0.717, 1.165) is 30.8 Å². The summed E-state index contributed by atoms with van der Waals surface area (Å²) in [7, 11) is 1.82. The number of rotatable bonds is 5. The zero-order valence-electron chi connectivity index (χ0n) is 10.2. The molecule has 0 aliphatic rings. The Kier molecular flexibility index (Phi) is 4.28. The van der Waals surface area contributed by atoms with Crippen molar-refractivity contribution in [2.24, 2.45) is 0 Å². The molecule has 0 aliphatic heterocycles. The average Bonchev–Trinajstić information content (AvgIpc) is 2.58.